The normalized spacial score (nSPS) is 13.3. The molecule has 0 aliphatic carbocycles. The molecule has 1 aliphatic rings. The molecule has 0 atom stereocenters. The number of benzene rings is 2. The van der Waals surface area contributed by atoms with Crippen LogP contribution in [0.15, 0.2) is 36.4 Å². The number of nitrogens with one attached hydrogen (secondary N) is 2. The van der Waals surface area contributed by atoms with Crippen molar-refractivity contribution in [3.8, 4) is 5.75 Å². The van der Waals surface area contributed by atoms with Gasteiger partial charge in [-0.1, -0.05) is 24.3 Å². The van der Waals surface area contributed by atoms with Crippen LogP contribution in [-0.4, -0.2) is 19.6 Å². The number of fused-ring (bicyclic) bond motifs is 1. The molecule has 0 radical (unpaired) electrons. The van der Waals surface area contributed by atoms with Gasteiger partial charge in [0.25, 0.3) is 0 Å². The summed E-state index contributed by atoms with van der Waals surface area (Å²) in [5, 5.41) is 5.88. The van der Waals surface area contributed by atoms with E-state index >= 15 is 0 Å². The van der Waals surface area contributed by atoms with Crippen LogP contribution in [-0.2, 0) is 24.2 Å². The van der Waals surface area contributed by atoms with Crippen molar-refractivity contribution in [2.45, 2.75) is 19.4 Å². The molecular weight excluding hydrogens is 295 g/mol. The predicted molar refractivity (Wildman–Crippen MR) is 87.1 cm³/mol. The molecule has 2 N–H and O–H groups in total. The zero-order valence-corrected chi connectivity index (χ0v) is 13.0. The summed E-state index contributed by atoms with van der Waals surface area (Å²) in [5.41, 5.74) is 2.66. The number of carbonyl (C=O) groups excluding carboxylic acids is 1. The Labute approximate surface area is 134 Å². The zero-order chi connectivity index (χ0) is 16.2. The van der Waals surface area contributed by atoms with Crippen LogP contribution in [0.25, 0.3) is 0 Å². The molecule has 120 valence electrons. The molecule has 0 bridgehead atoms. The number of methoxy groups -OCH3 is 1. The molecule has 0 saturated heterocycles. The molecule has 0 unspecified atom stereocenters. The minimum absolute atomic E-state index is 0.141. The second kappa shape index (κ2) is 6.79. The first-order valence-electron chi connectivity index (χ1n) is 7.61. The van der Waals surface area contributed by atoms with Crippen molar-refractivity contribution in [3.63, 3.8) is 0 Å². The maximum absolute atomic E-state index is 14.5. The fourth-order valence-corrected chi connectivity index (χ4v) is 2.85. The summed E-state index contributed by atoms with van der Waals surface area (Å²) >= 11 is 0. The predicted octanol–water partition coefficient (Wildman–Crippen LogP) is 2.66. The summed E-state index contributed by atoms with van der Waals surface area (Å²) in [6, 6.07) is 10.8. The number of amides is 1. The molecule has 0 saturated carbocycles. The third kappa shape index (κ3) is 3.35. The van der Waals surface area contributed by atoms with Gasteiger partial charge in [-0.3, -0.25) is 4.79 Å². The van der Waals surface area contributed by atoms with Crippen molar-refractivity contribution in [3.05, 3.63) is 58.9 Å². The molecule has 1 amide bonds. The smallest absolute Gasteiger partial charge is 0.229 e. The van der Waals surface area contributed by atoms with Crippen LogP contribution in [0.5, 0.6) is 5.75 Å². The van der Waals surface area contributed by atoms with E-state index in [2.05, 4.69) is 10.6 Å². The number of carbonyl (C=O) groups is 1. The summed E-state index contributed by atoms with van der Waals surface area (Å²) < 4.78 is 19.8. The van der Waals surface area contributed by atoms with E-state index in [1.54, 1.807) is 19.2 Å². The van der Waals surface area contributed by atoms with Gasteiger partial charge < -0.3 is 15.4 Å². The van der Waals surface area contributed by atoms with Gasteiger partial charge in [0, 0.05) is 12.1 Å². The lowest BCUT2D eigenvalue weighted by atomic mass is 9.99. The zero-order valence-electron chi connectivity index (χ0n) is 13.0. The number of rotatable bonds is 4. The highest BCUT2D eigenvalue weighted by Crippen LogP contribution is 2.25. The highest BCUT2D eigenvalue weighted by atomic mass is 19.1. The lowest BCUT2D eigenvalue weighted by molar-refractivity contribution is -0.115. The standard InChI is InChI=1S/C18H19FN2O2/c1-23-16-5-3-2-4-12(16)10-17(22)21-15-7-6-13-11-20-9-8-14(13)18(15)19/h2-7,20H,8-11H2,1H3,(H,21,22). The number of anilines is 1. The lowest BCUT2D eigenvalue weighted by Gasteiger charge is -2.19. The Balaban J connectivity index is 1.75. The fraction of sp³-hybridized carbons (Fsp3) is 0.278. The van der Waals surface area contributed by atoms with Gasteiger partial charge in [0.05, 0.1) is 19.2 Å². The summed E-state index contributed by atoms with van der Waals surface area (Å²) in [6.45, 7) is 1.42. The molecule has 1 aliphatic heterocycles. The van der Waals surface area contributed by atoms with Crippen molar-refractivity contribution in [1.29, 1.82) is 0 Å². The Morgan fingerprint density at radius 1 is 1.30 bits per heavy atom. The second-order valence-electron chi connectivity index (χ2n) is 5.53. The molecular formula is C18H19FN2O2. The largest absolute Gasteiger partial charge is 0.496 e. The van der Waals surface area contributed by atoms with E-state index < -0.39 is 0 Å². The third-order valence-electron chi connectivity index (χ3n) is 4.03. The van der Waals surface area contributed by atoms with Gasteiger partial charge in [0.2, 0.25) is 5.91 Å². The van der Waals surface area contributed by atoms with E-state index in [0.717, 1.165) is 17.7 Å². The number of hydrogen-bond donors (Lipinski definition) is 2. The van der Waals surface area contributed by atoms with E-state index in [1.165, 1.54) is 0 Å². The average molecular weight is 314 g/mol. The highest BCUT2D eigenvalue weighted by molar-refractivity contribution is 5.92. The molecule has 5 heteroatoms. The first-order chi connectivity index (χ1) is 11.2. The van der Waals surface area contributed by atoms with Crippen molar-refractivity contribution in [2.24, 2.45) is 0 Å². The van der Waals surface area contributed by atoms with Crippen LogP contribution in [0.4, 0.5) is 10.1 Å². The van der Waals surface area contributed by atoms with Crippen LogP contribution in [0.3, 0.4) is 0 Å². The first-order valence-corrected chi connectivity index (χ1v) is 7.61. The summed E-state index contributed by atoms with van der Waals surface area (Å²) in [6.07, 6.45) is 0.777. The number of ether oxygens (including phenoxy) is 1. The van der Waals surface area contributed by atoms with Crippen molar-refractivity contribution in [2.75, 3.05) is 19.0 Å². The molecule has 3 rings (SSSR count). The molecule has 1 heterocycles. The van der Waals surface area contributed by atoms with E-state index in [4.69, 9.17) is 4.74 Å². The summed E-state index contributed by atoms with van der Waals surface area (Å²) in [7, 11) is 1.56. The Morgan fingerprint density at radius 2 is 2.13 bits per heavy atom. The molecule has 2 aromatic rings. The van der Waals surface area contributed by atoms with Crippen LogP contribution in [0.2, 0.25) is 0 Å². The second-order valence-corrected chi connectivity index (χ2v) is 5.53. The maximum Gasteiger partial charge on any atom is 0.229 e. The number of para-hydroxylation sites is 1. The quantitative estimate of drug-likeness (QED) is 0.912. The van der Waals surface area contributed by atoms with Gasteiger partial charge in [0.15, 0.2) is 0 Å². The number of halogens is 1. The van der Waals surface area contributed by atoms with E-state index in [9.17, 15) is 9.18 Å². The van der Waals surface area contributed by atoms with Gasteiger partial charge in [-0.15, -0.1) is 0 Å². The molecule has 23 heavy (non-hydrogen) atoms. The van der Waals surface area contributed by atoms with Crippen molar-refractivity contribution >= 4 is 11.6 Å². The summed E-state index contributed by atoms with van der Waals surface area (Å²) in [4.78, 5) is 12.2. The molecule has 0 aromatic heterocycles. The average Bonchev–Trinajstić information content (AvgIpc) is 2.58. The van der Waals surface area contributed by atoms with Crippen LogP contribution < -0.4 is 15.4 Å². The first kappa shape index (κ1) is 15.5. The fourth-order valence-electron chi connectivity index (χ4n) is 2.85. The Morgan fingerprint density at radius 3 is 2.96 bits per heavy atom. The maximum atomic E-state index is 14.5. The van der Waals surface area contributed by atoms with Crippen molar-refractivity contribution < 1.29 is 13.9 Å². The van der Waals surface area contributed by atoms with Crippen LogP contribution in [0, 0.1) is 5.82 Å². The van der Waals surface area contributed by atoms with Crippen LogP contribution in [0.1, 0.15) is 16.7 Å². The van der Waals surface area contributed by atoms with Crippen LogP contribution >= 0.6 is 0 Å². The van der Waals surface area contributed by atoms with Gasteiger partial charge in [-0.25, -0.2) is 4.39 Å². The highest BCUT2D eigenvalue weighted by Gasteiger charge is 2.18. The van der Waals surface area contributed by atoms with Gasteiger partial charge in [-0.05, 0) is 36.2 Å². The Kier molecular flexibility index (Phi) is 4.57. The SMILES string of the molecule is COc1ccccc1CC(=O)Nc1ccc2c(c1F)CCNC2. The Hall–Kier alpha value is -2.40. The molecule has 0 fully saturated rings. The minimum Gasteiger partial charge on any atom is -0.496 e. The van der Waals surface area contributed by atoms with E-state index in [1.807, 2.05) is 24.3 Å². The van der Waals surface area contributed by atoms with Gasteiger partial charge in [-0.2, -0.15) is 0 Å². The number of hydrogen-bond acceptors (Lipinski definition) is 3. The molecule has 0 spiro atoms. The molecule has 2 aromatic carbocycles. The summed E-state index contributed by atoms with van der Waals surface area (Å²) in [5.74, 6) is 0.0688. The van der Waals surface area contributed by atoms with Gasteiger partial charge in [0.1, 0.15) is 11.6 Å². The molecule has 4 nitrogen and oxygen atoms in total. The topological polar surface area (TPSA) is 50.4 Å². The van der Waals surface area contributed by atoms with E-state index in [-0.39, 0.29) is 23.8 Å². The minimum atomic E-state index is -0.322. The lowest BCUT2D eigenvalue weighted by Crippen LogP contribution is -2.25. The van der Waals surface area contributed by atoms with Crippen molar-refractivity contribution in [1.82, 2.24) is 5.32 Å². The Bertz CT molecular complexity index is 731. The monoisotopic (exact) mass is 314 g/mol. The van der Waals surface area contributed by atoms with Gasteiger partial charge >= 0.3 is 0 Å². The van der Waals surface area contributed by atoms with E-state index in [0.29, 0.717) is 24.3 Å². The third-order valence-corrected chi connectivity index (χ3v) is 4.03.